The fraction of sp³-hybridized carbons (Fsp3) is 0.600. The molecule has 0 aliphatic heterocycles. The molecule has 0 atom stereocenters. The quantitative estimate of drug-likeness (QED) is 0.697. The van der Waals surface area contributed by atoms with Gasteiger partial charge < -0.3 is 10.1 Å². The van der Waals surface area contributed by atoms with Crippen molar-refractivity contribution < 1.29 is 9.53 Å². The Balaban J connectivity index is 2.15. The molecule has 0 bridgehead atoms. The van der Waals surface area contributed by atoms with Crippen LogP contribution in [0.15, 0.2) is 18.3 Å². The molecule has 0 aliphatic carbocycles. The third kappa shape index (κ3) is 6.79. The van der Waals surface area contributed by atoms with E-state index in [1.165, 1.54) is 19.3 Å². The smallest absolute Gasteiger partial charge is 0.220 e. The molecule has 0 unspecified atom stereocenters. The lowest BCUT2D eigenvalue weighted by Crippen LogP contribution is -2.22. The number of pyridine rings is 1. The Bertz CT molecular complexity index is 363. The lowest BCUT2D eigenvalue weighted by molar-refractivity contribution is -0.121. The number of hydrogen-bond acceptors (Lipinski definition) is 3. The van der Waals surface area contributed by atoms with Crippen LogP contribution in [0.1, 0.15) is 51.0 Å². The summed E-state index contributed by atoms with van der Waals surface area (Å²) in [7, 11) is 1.59. The van der Waals surface area contributed by atoms with Gasteiger partial charge in [0, 0.05) is 25.2 Å². The average Bonchev–Trinajstić information content (AvgIpc) is 2.45. The largest absolute Gasteiger partial charge is 0.481 e. The predicted molar refractivity (Wildman–Crippen MR) is 76.0 cm³/mol. The molecule has 106 valence electrons. The Morgan fingerprint density at radius 2 is 2.05 bits per heavy atom. The van der Waals surface area contributed by atoms with Crippen molar-refractivity contribution in [2.24, 2.45) is 0 Å². The first-order chi connectivity index (χ1) is 9.26. The minimum Gasteiger partial charge on any atom is -0.481 e. The van der Waals surface area contributed by atoms with Gasteiger partial charge >= 0.3 is 0 Å². The number of ether oxygens (including phenoxy) is 1. The molecule has 0 saturated carbocycles. The van der Waals surface area contributed by atoms with Crippen LogP contribution in [-0.4, -0.2) is 18.0 Å². The summed E-state index contributed by atoms with van der Waals surface area (Å²) in [6.45, 7) is 2.72. The fourth-order valence-corrected chi connectivity index (χ4v) is 1.81. The van der Waals surface area contributed by atoms with Gasteiger partial charge in [0.15, 0.2) is 0 Å². The Morgan fingerprint density at radius 3 is 2.68 bits per heavy atom. The van der Waals surface area contributed by atoms with Crippen LogP contribution >= 0.6 is 0 Å². The van der Waals surface area contributed by atoms with Gasteiger partial charge in [-0.25, -0.2) is 4.98 Å². The molecule has 0 aromatic carbocycles. The molecule has 0 aliphatic rings. The summed E-state index contributed by atoms with van der Waals surface area (Å²) in [6, 6.07) is 3.71. The summed E-state index contributed by atoms with van der Waals surface area (Å²) in [5, 5.41) is 2.91. The molecule has 0 saturated heterocycles. The van der Waals surface area contributed by atoms with Gasteiger partial charge in [-0.3, -0.25) is 4.79 Å². The highest BCUT2D eigenvalue weighted by atomic mass is 16.5. The molecular weight excluding hydrogens is 240 g/mol. The van der Waals surface area contributed by atoms with Crippen molar-refractivity contribution in [3.63, 3.8) is 0 Å². The monoisotopic (exact) mass is 264 g/mol. The van der Waals surface area contributed by atoms with Crippen LogP contribution in [0.4, 0.5) is 0 Å². The molecule has 1 rings (SSSR count). The first-order valence-corrected chi connectivity index (χ1v) is 7.02. The Morgan fingerprint density at radius 1 is 1.26 bits per heavy atom. The van der Waals surface area contributed by atoms with Gasteiger partial charge in [-0.1, -0.05) is 38.7 Å². The summed E-state index contributed by atoms with van der Waals surface area (Å²) in [6.07, 6.45) is 8.19. The van der Waals surface area contributed by atoms with Crippen LogP contribution in [0.2, 0.25) is 0 Å². The summed E-state index contributed by atoms with van der Waals surface area (Å²) in [5.74, 6) is 0.707. The molecule has 1 amide bonds. The third-order valence-electron chi connectivity index (χ3n) is 3.00. The Kier molecular flexibility index (Phi) is 7.63. The van der Waals surface area contributed by atoms with Crippen molar-refractivity contribution in [2.45, 2.75) is 52.0 Å². The van der Waals surface area contributed by atoms with Crippen LogP contribution in [0, 0.1) is 0 Å². The summed E-state index contributed by atoms with van der Waals surface area (Å²) >= 11 is 0. The Labute approximate surface area is 115 Å². The predicted octanol–water partition coefficient (Wildman–Crippen LogP) is 3.07. The normalized spacial score (nSPS) is 10.2. The van der Waals surface area contributed by atoms with Gasteiger partial charge in [-0.05, 0) is 12.0 Å². The second kappa shape index (κ2) is 9.36. The number of nitrogens with one attached hydrogen (secondary N) is 1. The molecule has 19 heavy (non-hydrogen) atoms. The zero-order chi connectivity index (χ0) is 13.9. The molecule has 1 aromatic heterocycles. The zero-order valence-electron chi connectivity index (χ0n) is 11.9. The molecule has 4 heteroatoms. The number of nitrogens with zero attached hydrogens (tertiary/aromatic N) is 1. The molecule has 0 spiro atoms. The van der Waals surface area contributed by atoms with Crippen LogP contribution < -0.4 is 10.1 Å². The molecule has 1 heterocycles. The molecule has 0 fully saturated rings. The number of unbranched alkanes of at least 4 members (excludes halogenated alkanes) is 4. The van der Waals surface area contributed by atoms with E-state index >= 15 is 0 Å². The highest BCUT2D eigenvalue weighted by Crippen LogP contribution is 2.07. The van der Waals surface area contributed by atoms with E-state index in [4.69, 9.17) is 4.74 Å². The summed E-state index contributed by atoms with van der Waals surface area (Å²) in [4.78, 5) is 15.7. The maximum atomic E-state index is 11.6. The van der Waals surface area contributed by atoms with Crippen LogP contribution in [-0.2, 0) is 11.3 Å². The Hall–Kier alpha value is -1.58. The molecule has 0 radical (unpaired) electrons. The van der Waals surface area contributed by atoms with Gasteiger partial charge in [-0.2, -0.15) is 0 Å². The molecule has 1 aromatic rings. The maximum absolute atomic E-state index is 11.6. The van der Waals surface area contributed by atoms with Gasteiger partial charge in [-0.15, -0.1) is 0 Å². The number of methoxy groups -OCH3 is 1. The molecule has 4 nitrogen and oxygen atoms in total. The first-order valence-electron chi connectivity index (χ1n) is 7.02. The molecular formula is C15H24N2O2. The van der Waals surface area contributed by atoms with Crippen molar-refractivity contribution >= 4 is 5.91 Å². The van der Waals surface area contributed by atoms with Crippen LogP contribution in [0.3, 0.4) is 0 Å². The van der Waals surface area contributed by atoms with E-state index in [9.17, 15) is 4.79 Å². The molecule has 1 N–H and O–H groups in total. The van der Waals surface area contributed by atoms with Crippen molar-refractivity contribution in [1.82, 2.24) is 10.3 Å². The number of aromatic nitrogens is 1. The summed E-state index contributed by atoms with van der Waals surface area (Å²) < 4.78 is 4.98. The highest BCUT2D eigenvalue weighted by Gasteiger charge is 2.02. The van der Waals surface area contributed by atoms with E-state index in [2.05, 4.69) is 17.2 Å². The van der Waals surface area contributed by atoms with E-state index in [1.807, 2.05) is 6.07 Å². The standard InChI is InChI=1S/C15H24N2O2/c1-3-4-5-6-7-8-14(18)16-11-13-9-10-15(19-2)17-12-13/h9-10,12H,3-8,11H2,1-2H3,(H,16,18). The van der Waals surface area contributed by atoms with Gasteiger partial charge in [0.2, 0.25) is 11.8 Å². The van der Waals surface area contributed by atoms with Crippen molar-refractivity contribution in [1.29, 1.82) is 0 Å². The number of carbonyl (C=O) groups excluding carboxylic acids is 1. The van der Waals surface area contributed by atoms with Gasteiger partial charge in [0.05, 0.1) is 7.11 Å². The van der Waals surface area contributed by atoms with E-state index in [-0.39, 0.29) is 5.91 Å². The maximum Gasteiger partial charge on any atom is 0.220 e. The van der Waals surface area contributed by atoms with Crippen molar-refractivity contribution in [2.75, 3.05) is 7.11 Å². The second-order valence-electron chi connectivity index (χ2n) is 4.65. The minimum absolute atomic E-state index is 0.118. The zero-order valence-corrected chi connectivity index (χ0v) is 11.9. The first kappa shape index (κ1) is 15.5. The lowest BCUT2D eigenvalue weighted by atomic mass is 10.1. The van der Waals surface area contributed by atoms with Crippen molar-refractivity contribution in [3.05, 3.63) is 23.9 Å². The SMILES string of the molecule is CCCCCCCC(=O)NCc1ccc(OC)nc1. The van der Waals surface area contributed by atoms with Crippen molar-refractivity contribution in [3.8, 4) is 5.88 Å². The number of hydrogen-bond donors (Lipinski definition) is 1. The van der Waals surface area contributed by atoms with E-state index < -0.39 is 0 Å². The van der Waals surface area contributed by atoms with E-state index in [0.717, 1.165) is 18.4 Å². The fourth-order valence-electron chi connectivity index (χ4n) is 1.81. The van der Waals surface area contributed by atoms with Gasteiger partial charge in [0.25, 0.3) is 0 Å². The topological polar surface area (TPSA) is 51.2 Å². The van der Waals surface area contributed by atoms with Gasteiger partial charge in [0.1, 0.15) is 0 Å². The second-order valence-corrected chi connectivity index (χ2v) is 4.65. The average molecular weight is 264 g/mol. The van der Waals surface area contributed by atoms with Crippen LogP contribution in [0.5, 0.6) is 5.88 Å². The number of amides is 1. The van der Waals surface area contributed by atoms with E-state index in [1.54, 1.807) is 19.4 Å². The van der Waals surface area contributed by atoms with E-state index in [0.29, 0.717) is 18.8 Å². The number of rotatable bonds is 9. The minimum atomic E-state index is 0.118. The lowest BCUT2D eigenvalue weighted by Gasteiger charge is -2.06. The summed E-state index contributed by atoms with van der Waals surface area (Å²) in [5.41, 5.74) is 0.986. The van der Waals surface area contributed by atoms with Crippen LogP contribution in [0.25, 0.3) is 0 Å². The number of carbonyl (C=O) groups is 1. The highest BCUT2D eigenvalue weighted by molar-refractivity contribution is 5.75. The third-order valence-corrected chi connectivity index (χ3v) is 3.00.